The molecule has 0 rings (SSSR count). The van der Waals surface area contributed by atoms with Crippen molar-refractivity contribution < 1.29 is 9.47 Å². The van der Waals surface area contributed by atoms with Gasteiger partial charge < -0.3 is 20.9 Å². The van der Waals surface area contributed by atoms with E-state index < -0.39 is 5.79 Å². The minimum Gasteiger partial charge on any atom is -0.353 e. The molecule has 0 aliphatic heterocycles. The Morgan fingerprint density at radius 1 is 0.727 bits per heavy atom. The lowest BCUT2D eigenvalue weighted by molar-refractivity contribution is -0.271. The van der Waals surface area contributed by atoms with Gasteiger partial charge in [-0.2, -0.15) is 0 Å². The maximum absolute atomic E-state index is 5.92. The molecule has 0 aromatic carbocycles. The van der Waals surface area contributed by atoms with Crippen LogP contribution in [0.3, 0.4) is 0 Å². The van der Waals surface area contributed by atoms with E-state index in [2.05, 4.69) is 13.8 Å². The number of unbranched alkanes of at least 4 members (excludes halogenated alkanes) is 5. The minimum absolute atomic E-state index is 0.0463. The molecule has 0 saturated heterocycles. The summed E-state index contributed by atoms with van der Waals surface area (Å²) in [5.74, 6) is -0.592. The van der Waals surface area contributed by atoms with Crippen molar-refractivity contribution >= 4 is 0 Å². The first-order chi connectivity index (χ1) is 10.6. The quantitative estimate of drug-likeness (QED) is 0.356. The van der Waals surface area contributed by atoms with E-state index in [4.69, 9.17) is 20.9 Å². The van der Waals surface area contributed by atoms with Gasteiger partial charge in [0.15, 0.2) is 5.79 Å². The van der Waals surface area contributed by atoms with Crippen molar-refractivity contribution in [1.82, 2.24) is 0 Å². The van der Waals surface area contributed by atoms with Crippen molar-refractivity contribution in [2.24, 2.45) is 16.9 Å². The molecule has 0 bridgehead atoms. The van der Waals surface area contributed by atoms with Crippen LogP contribution in [0.1, 0.15) is 78.1 Å². The van der Waals surface area contributed by atoms with E-state index in [9.17, 15) is 0 Å². The van der Waals surface area contributed by atoms with Crippen LogP contribution in [-0.2, 0) is 9.47 Å². The summed E-state index contributed by atoms with van der Waals surface area (Å²) in [6.07, 6.45) is 11.8. The minimum atomic E-state index is -0.592. The zero-order valence-corrected chi connectivity index (χ0v) is 15.5. The molecule has 0 aromatic rings. The summed E-state index contributed by atoms with van der Waals surface area (Å²) in [6, 6.07) is 0. The summed E-state index contributed by atoms with van der Waals surface area (Å²) >= 11 is 0. The van der Waals surface area contributed by atoms with Crippen LogP contribution >= 0.6 is 0 Å². The Morgan fingerprint density at radius 2 is 1.27 bits per heavy atom. The summed E-state index contributed by atoms with van der Waals surface area (Å²) in [5, 5.41) is 0. The number of rotatable bonds is 15. The smallest absolute Gasteiger partial charge is 0.170 e. The lowest BCUT2D eigenvalue weighted by Crippen LogP contribution is -2.50. The Kier molecular flexibility index (Phi) is 12.2. The molecule has 134 valence electrons. The Labute approximate surface area is 138 Å². The van der Waals surface area contributed by atoms with Crippen molar-refractivity contribution in [2.45, 2.75) is 83.8 Å². The second-order valence-electron chi connectivity index (χ2n) is 6.58. The molecule has 0 heterocycles. The Hall–Kier alpha value is -0.160. The molecule has 22 heavy (non-hydrogen) atoms. The molecule has 0 spiro atoms. The monoisotopic (exact) mass is 316 g/mol. The van der Waals surface area contributed by atoms with Crippen molar-refractivity contribution in [2.75, 3.05) is 27.3 Å². The van der Waals surface area contributed by atoms with Crippen molar-refractivity contribution in [3.8, 4) is 0 Å². The predicted molar refractivity (Wildman–Crippen MR) is 94.8 cm³/mol. The number of nitrogens with two attached hydrogens (primary N) is 2. The van der Waals surface area contributed by atoms with E-state index in [0.717, 1.165) is 25.7 Å². The second-order valence-corrected chi connectivity index (χ2v) is 6.58. The standard InChI is InChI=1S/C18H40N2O2/c1-5-6-7-8-9-10-12-18(14-16-20,13-11-15-19)17(2,21-3)22-4/h5-16,19-20H2,1-4H3. The Morgan fingerprint density at radius 3 is 1.77 bits per heavy atom. The molecule has 0 aliphatic rings. The highest BCUT2D eigenvalue weighted by Gasteiger charge is 2.47. The maximum atomic E-state index is 5.92. The maximum Gasteiger partial charge on any atom is 0.170 e. The lowest BCUT2D eigenvalue weighted by atomic mass is 9.69. The highest BCUT2D eigenvalue weighted by molar-refractivity contribution is 4.92. The van der Waals surface area contributed by atoms with Crippen LogP contribution in [0.5, 0.6) is 0 Å². The molecule has 0 aliphatic carbocycles. The highest BCUT2D eigenvalue weighted by Crippen LogP contribution is 2.46. The first kappa shape index (κ1) is 21.8. The van der Waals surface area contributed by atoms with E-state index in [1.54, 1.807) is 14.2 Å². The van der Waals surface area contributed by atoms with Crippen LogP contribution in [0.15, 0.2) is 0 Å². The molecule has 4 N–H and O–H groups in total. The second kappa shape index (κ2) is 12.3. The third-order valence-corrected chi connectivity index (χ3v) is 5.23. The van der Waals surface area contributed by atoms with Crippen LogP contribution in [0.4, 0.5) is 0 Å². The van der Waals surface area contributed by atoms with Gasteiger partial charge in [-0.3, -0.25) is 0 Å². The van der Waals surface area contributed by atoms with Crippen LogP contribution in [0.25, 0.3) is 0 Å². The van der Waals surface area contributed by atoms with Crippen molar-refractivity contribution in [3.05, 3.63) is 0 Å². The topological polar surface area (TPSA) is 70.5 Å². The molecule has 1 unspecified atom stereocenters. The van der Waals surface area contributed by atoms with Gasteiger partial charge in [0.25, 0.3) is 0 Å². The van der Waals surface area contributed by atoms with Gasteiger partial charge in [0, 0.05) is 19.6 Å². The van der Waals surface area contributed by atoms with Crippen molar-refractivity contribution in [1.29, 1.82) is 0 Å². The molecule has 4 heteroatoms. The van der Waals surface area contributed by atoms with Gasteiger partial charge in [0.2, 0.25) is 0 Å². The number of hydrogen-bond acceptors (Lipinski definition) is 4. The SMILES string of the molecule is CCCCCCCCC(CCN)(CCCN)C(C)(OC)OC. The molecular formula is C18H40N2O2. The molecule has 4 nitrogen and oxygen atoms in total. The number of methoxy groups -OCH3 is 2. The average molecular weight is 317 g/mol. The van der Waals surface area contributed by atoms with Gasteiger partial charge in [-0.15, -0.1) is 0 Å². The highest BCUT2D eigenvalue weighted by atomic mass is 16.7. The molecule has 0 saturated carbocycles. The summed E-state index contributed by atoms with van der Waals surface area (Å²) in [7, 11) is 3.47. The fraction of sp³-hybridized carbons (Fsp3) is 1.00. The van der Waals surface area contributed by atoms with Crippen LogP contribution in [0.2, 0.25) is 0 Å². The Bertz CT molecular complexity index is 257. The first-order valence-corrected chi connectivity index (χ1v) is 9.06. The fourth-order valence-corrected chi connectivity index (χ4v) is 3.53. The van der Waals surface area contributed by atoms with Gasteiger partial charge in [-0.25, -0.2) is 0 Å². The van der Waals surface area contributed by atoms with E-state index >= 15 is 0 Å². The Balaban J connectivity index is 4.80. The zero-order chi connectivity index (χ0) is 16.9. The zero-order valence-electron chi connectivity index (χ0n) is 15.5. The van der Waals surface area contributed by atoms with Gasteiger partial charge in [-0.05, 0) is 45.7 Å². The van der Waals surface area contributed by atoms with Gasteiger partial charge in [0.1, 0.15) is 0 Å². The van der Waals surface area contributed by atoms with Gasteiger partial charge in [0.05, 0.1) is 0 Å². The molecule has 0 aromatic heterocycles. The summed E-state index contributed by atoms with van der Waals surface area (Å²) < 4.78 is 11.6. The normalized spacial score (nSPS) is 15.0. The van der Waals surface area contributed by atoms with Crippen molar-refractivity contribution in [3.63, 3.8) is 0 Å². The summed E-state index contributed by atoms with van der Waals surface area (Å²) in [4.78, 5) is 0. The fourth-order valence-electron chi connectivity index (χ4n) is 3.53. The van der Waals surface area contributed by atoms with Crippen LogP contribution in [-0.4, -0.2) is 33.1 Å². The number of hydrogen-bond donors (Lipinski definition) is 2. The van der Waals surface area contributed by atoms with Crippen LogP contribution < -0.4 is 11.5 Å². The molecule has 0 fully saturated rings. The van der Waals surface area contributed by atoms with E-state index in [1.807, 2.05) is 0 Å². The van der Waals surface area contributed by atoms with E-state index in [-0.39, 0.29) is 5.41 Å². The summed E-state index contributed by atoms with van der Waals surface area (Å²) in [5.41, 5.74) is 11.6. The largest absolute Gasteiger partial charge is 0.353 e. The van der Waals surface area contributed by atoms with E-state index in [0.29, 0.717) is 13.1 Å². The molecular weight excluding hydrogens is 276 g/mol. The molecule has 0 radical (unpaired) electrons. The average Bonchev–Trinajstić information content (AvgIpc) is 2.54. The molecule has 0 amide bonds. The lowest BCUT2D eigenvalue weighted by Gasteiger charge is -2.47. The first-order valence-electron chi connectivity index (χ1n) is 9.06. The molecule has 1 atom stereocenters. The third kappa shape index (κ3) is 6.53. The van der Waals surface area contributed by atoms with E-state index in [1.165, 1.54) is 38.5 Å². The summed E-state index contributed by atoms with van der Waals surface area (Å²) in [6.45, 7) is 5.66. The van der Waals surface area contributed by atoms with Gasteiger partial charge in [-0.1, -0.05) is 45.4 Å². The van der Waals surface area contributed by atoms with Gasteiger partial charge >= 0.3 is 0 Å². The van der Waals surface area contributed by atoms with Crippen LogP contribution in [0, 0.1) is 5.41 Å². The number of ether oxygens (including phenoxy) is 2. The third-order valence-electron chi connectivity index (χ3n) is 5.23. The predicted octanol–water partition coefficient (Wildman–Crippen LogP) is 3.82.